The van der Waals surface area contributed by atoms with Crippen LogP contribution in [0.15, 0.2) is 0 Å². The van der Waals surface area contributed by atoms with Crippen molar-refractivity contribution in [1.29, 1.82) is 0 Å². The van der Waals surface area contributed by atoms with Crippen LogP contribution in [0.3, 0.4) is 0 Å². The molecular formula is H4O8SSiZn. The molecule has 0 aliphatic heterocycles. The first kappa shape index (κ1) is 17.6. The van der Waals surface area contributed by atoms with Gasteiger partial charge in [0, 0.05) is 10.4 Å². The Morgan fingerprint density at radius 2 is 1.00 bits per heavy atom. The third-order valence-electron chi connectivity index (χ3n) is 0. The predicted molar refractivity (Wildman–Crippen MR) is 25.1 cm³/mol. The molecule has 0 bridgehead atoms. The first-order chi connectivity index (χ1) is 4.00. The number of hydrogen-bond acceptors (Lipinski definition) is 8. The molecule has 8 nitrogen and oxygen atoms in total. The summed E-state index contributed by atoms with van der Waals surface area (Å²) in [5.41, 5.74) is 0. The van der Waals surface area contributed by atoms with Gasteiger partial charge in [-0.3, -0.25) is 8.42 Å². The summed E-state index contributed by atoms with van der Waals surface area (Å²) in [6.07, 6.45) is 0. The van der Waals surface area contributed by atoms with E-state index in [1.807, 2.05) is 0 Å². The molecule has 0 atom stereocenters. The molecule has 0 spiro atoms. The zero-order chi connectivity index (χ0) is 9.00. The minimum Gasteiger partial charge on any atom is -0.759 e. The van der Waals surface area contributed by atoms with Crippen LogP contribution in [0.1, 0.15) is 0 Å². The van der Waals surface area contributed by atoms with Crippen LogP contribution in [0, 0.1) is 0 Å². The maximum atomic E-state index is 8.52. The zero-order valence-corrected chi connectivity index (χ0v) is 9.82. The standard InChI is InChI=1S/H2O4S.H4O4Si.Zn/c2*1-5(2,3)4;/h(H2,1,2,3,4);1-4H;/q;;+2/p-2. The van der Waals surface area contributed by atoms with Crippen LogP contribution in [0.25, 0.3) is 0 Å². The van der Waals surface area contributed by atoms with E-state index in [-0.39, 0.29) is 19.5 Å². The Kier molecular flexibility index (Phi) is 9.77. The first-order valence-electron chi connectivity index (χ1n) is 1.56. The van der Waals surface area contributed by atoms with Gasteiger partial charge in [0.15, 0.2) is 0 Å². The van der Waals surface area contributed by atoms with E-state index in [0.717, 1.165) is 0 Å². The Hall–Kier alpha value is 0.550. The largest absolute Gasteiger partial charge is 2.00 e. The predicted octanol–water partition coefficient (Wildman–Crippen LogP) is -3.95. The molecule has 0 amide bonds. The summed E-state index contributed by atoms with van der Waals surface area (Å²) in [5, 5.41) is 0. The van der Waals surface area contributed by atoms with Crippen molar-refractivity contribution in [2.75, 3.05) is 0 Å². The fourth-order valence-corrected chi connectivity index (χ4v) is 0. The molecule has 0 rings (SSSR count). The average molecular weight is 258 g/mol. The molecule has 0 aromatic heterocycles. The second-order valence-electron chi connectivity index (χ2n) is 1.01. The normalized spacial score (nSPS) is 10.7. The smallest absolute Gasteiger partial charge is 0.759 e. The van der Waals surface area contributed by atoms with Crippen molar-refractivity contribution in [3.8, 4) is 0 Å². The van der Waals surface area contributed by atoms with Crippen LogP contribution in [0.5, 0.6) is 0 Å². The topological polar surface area (TPSA) is 161 Å². The second-order valence-corrected chi connectivity index (χ2v) is 3.02. The van der Waals surface area contributed by atoms with Crippen LogP contribution in [-0.2, 0) is 29.9 Å². The summed E-state index contributed by atoms with van der Waals surface area (Å²) >= 11 is 0. The number of rotatable bonds is 0. The summed E-state index contributed by atoms with van der Waals surface area (Å²) in [6, 6.07) is 0. The van der Waals surface area contributed by atoms with Gasteiger partial charge >= 0.3 is 28.5 Å². The molecule has 64 valence electrons. The van der Waals surface area contributed by atoms with Gasteiger partial charge in [0.05, 0.1) is 0 Å². The van der Waals surface area contributed by atoms with E-state index in [9.17, 15) is 0 Å². The number of hydrogen-bond donors (Lipinski definition) is 4. The Morgan fingerprint density at radius 3 is 1.00 bits per heavy atom. The van der Waals surface area contributed by atoms with E-state index in [1.165, 1.54) is 0 Å². The van der Waals surface area contributed by atoms with Crippen molar-refractivity contribution in [2.24, 2.45) is 0 Å². The quantitative estimate of drug-likeness (QED) is 0.194. The molecule has 0 saturated carbocycles. The van der Waals surface area contributed by atoms with Crippen LogP contribution >= 0.6 is 0 Å². The summed E-state index contributed by atoms with van der Waals surface area (Å²) in [5.74, 6) is 0. The molecule has 0 aliphatic rings. The molecule has 11 heavy (non-hydrogen) atoms. The van der Waals surface area contributed by atoms with E-state index in [2.05, 4.69) is 0 Å². The SMILES string of the molecule is O=S(=O)([O-])[O-].O[Si](O)(O)O.[Zn+2]. The Morgan fingerprint density at radius 1 is 1.00 bits per heavy atom. The van der Waals surface area contributed by atoms with E-state index < -0.39 is 19.4 Å². The molecule has 0 aromatic carbocycles. The van der Waals surface area contributed by atoms with Crippen molar-refractivity contribution >= 4 is 19.4 Å². The fraction of sp³-hybridized carbons (Fsp3) is 0. The third-order valence-corrected chi connectivity index (χ3v) is 0. The minimum atomic E-state index is -5.17. The summed E-state index contributed by atoms with van der Waals surface area (Å²) < 4.78 is 34.1. The molecule has 0 saturated heterocycles. The molecular weight excluding hydrogens is 254 g/mol. The molecule has 0 aliphatic carbocycles. The van der Waals surface area contributed by atoms with Gasteiger partial charge in [-0.05, 0) is 0 Å². The van der Waals surface area contributed by atoms with Gasteiger partial charge in [0.25, 0.3) is 0 Å². The van der Waals surface area contributed by atoms with Gasteiger partial charge in [0.1, 0.15) is 0 Å². The average Bonchev–Trinajstić information content (AvgIpc) is 1.12. The Labute approximate surface area is 75.9 Å². The second kappa shape index (κ2) is 6.11. The summed E-state index contributed by atoms with van der Waals surface area (Å²) in [6.45, 7) is 0. The van der Waals surface area contributed by atoms with Gasteiger partial charge < -0.3 is 28.3 Å². The molecule has 0 aromatic rings. The van der Waals surface area contributed by atoms with Gasteiger partial charge in [-0.15, -0.1) is 0 Å². The minimum absolute atomic E-state index is 0. The molecule has 0 heterocycles. The molecule has 0 fully saturated rings. The van der Waals surface area contributed by atoms with E-state index in [4.69, 9.17) is 36.7 Å². The van der Waals surface area contributed by atoms with Crippen LogP contribution < -0.4 is 0 Å². The Bertz CT molecular complexity index is 149. The van der Waals surface area contributed by atoms with Crippen molar-refractivity contribution in [3.63, 3.8) is 0 Å². The van der Waals surface area contributed by atoms with Crippen molar-refractivity contribution in [3.05, 3.63) is 0 Å². The zero-order valence-electron chi connectivity index (χ0n) is 5.04. The third kappa shape index (κ3) is 2550. The van der Waals surface area contributed by atoms with Crippen molar-refractivity contribution in [1.82, 2.24) is 0 Å². The van der Waals surface area contributed by atoms with Crippen LogP contribution in [0.2, 0.25) is 0 Å². The summed E-state index contributed by atoms with van der Waals surface area (Å²) in [4.78, 5) is 29.3. The maximum absolute atomic E-state index is 8.52. The van der Waals surface area contributed by atoms with E-state index >= 15 is 0 Å². The van der Waals surface area contributed by atoms with Crippen molar-refractivity contribution < 1.29 is 56.2 Å². The van der Waals surface area contributed by atoms with Crippen LogP contribution in [0.4, 0.5) is 0 Å². The molecule has 11 heteroatoms. The van der Waals surface area contributed by atoms with Crippen LogP contribution in [-0.4, -0.2) is 45.8 Å². The maximum Gasteiger partial charge on any atom is 2.00 e. The van der Waals surface area contributed by atoms with Crippen molar-refractivity contribution in [2.45, 2.75) is 0 Å². The van der Waals surface area contributed by atoms with Gasteiger partial charge in [0.2, 0.25) is 0 Å². The summed E-state index contributed by atoms with van der Waals surface area (Å²) in [7, 11) is -9.78. The van der Waals surface area contributed by atoms with E-state index in [0.29, 0.717) is 0 Å². The van der Waals surface area contributed by atoms with E-state index in [1.54, 1.807) is 0 Å². The molecule has 4 N–H and O–H groups in total. The monoisotopic (exact) mass is 256 g/mol. The first-order valence-corrected chi connectivity index (χ1v) is 4.68. The molecule has 0 unspecified atom stereocenters. The van der Waals surface area contributed by atoms with Gasteiger partial charge in [-0.2, -0.15) is 0 Å². The Balaban J connectivity index is -0.000000107. The molecule has 0 radical (unpaired) electrons. The van der Waals surface area contributed by atoms with Gasteiger partial charge in [-0.1, -0.05) is 0 Å². The van der Waals surface area contributed by atoms with Gasteiger partial charge in [-0.25, -0.2) is 0 Å². The fourth-order valence-electron chi connectivity index (χ4n) is 0.